The van der Waals surface area contributed by atoms with Crippen LogP contribution in [0, 0.1) is 0 Å². The fourth-order valence-corrected chi connectivity index (χ4v) is 1.83. The Labute approximate surface area is 125 Å². The summed E-state index contributed by atoms with van der Waals surface area (Å²) >= 11 is 5.95. The molecule has 0 spiro atoms. The zero-order chi connectivity index (χ0) is 13.5. The number of halogens is 2. The molecule has 19 heavy (non-hydrogen) atoms. The van der Waals surface area contributed by atoms with Gasteiger partial charge < -0.3 is 15.0 Å². The smallest absolute Gasteiger partial charge is 0.223 e. The first-order chi connectivity index (χ1) is 8.58. The Hall–Kier alpha value is -0.970. The molecule has 0 aliphatic carbocycles. The summed E-state index contributed by atoms with van der Waals surface area (Å²) in [5, 5.41) is 3.60. The van der Waals surface area contributed by atoms with Crippen molar-refractivity contribution in [2.45, 2.75) is 13.0 Å². The highest BCUT2D eigenvalue weighted by Gasteiger charge is 2.11. The number of hydrogen-bond acceptors (Lipinski definition) is 3. The molecular weight excluding hydrogens is 287 g/mol. The lowest BCUT2D eigenvalue weighted by molar-refractivity contribution is -0.130. The molecule has 0 bridgehead atoms. The van der Waals surface area contributed by atoms with E-state index >= 15 is 0 Å². The van der Waals surface area contributed by atoms with Crippen LogP contribution < -0.4 is 10.1 Å². The molecule has 0 heterocycles. The molecule has 1 N–H and O–H groups in total. The standard InChI is InChI=1S/C13H19ClN2O2.ClH/c1-15-7-6-13(17)16(2)9-10-8-11(14)4-5-12(10)18-3;/h4-5,8,15H,6-7,9H2,1-3H3;1H. The molecular formula is C13H20Cl2N2O2. The van der Waals surface area contributed by atoms with Gasteiger partial charge in [0.25, 0.3) is 0 Å². The quantitative estimate of drug-likeness (QED) is 0.877. The number of hydrogen-bond donors (Lipinski definition) is 1. The van der Waals surface area contributed by atoms with Gasteiger partial charge in [-0.05, 0) is 25.2 Å². The van der Waals surface area contributed by atoms with E-state index in [1.54, 1.807) is 25.1 Å². The van der Waals surface area contributed by atoms with Gasteiger partial charge in [0.2, 0.25) is 5.91 Å². The van der Waals surface area contributed by atoms with Crippen LogP contribution in [0.3, 0.4) is 0 Å². The molecule has 1 rings (SSSR count). The Morgan fingerprint density at radius 1 is 1.47 bits per heavy atom. The second-order valence-corrected chi connectivity index (χ2v) is 4.50. The molecule has 0 saturated heterocycles. The predicted molar refractivity (Wildman–Crippen MR) is 80.3 cm³/mol. The molecule has 0 aliphatic rings. The first-order valence-corrected chi connectivity index (χ1v) is 6.17. The van der Waals surface area contributed by atoms with Crippen LogP contribution in [-0.4, -0.2) is 38.6 Å². The highest BCUT2D eigenvalue weighted by Crippen LogP contribution is 2.23. The van der Waals surface area contributed by atoms with Gasteiger partial charge >= 0.3 is 0 Å². The zero-order valence-corrected chi connectivity index (χ0v) is 13.0. The van der Waals surface area contributed by atoms with E-state index in [0.29, 0.717) is 24.5 Å². The van der Waals surface area contributed by atoms with Crippen molar-refractivity contribution >= 4 is 29.9 Å². The largest absolute Gasteiger partial charge is 0.496 e. The number of ether oxygens (including phenoxy) is 1. The van der Waals surface area contributed by atoms with Gasteiger partial charge in [-0.2, -0.15) is 0 Å². The van der Waals surface area contributed by atoms with Crippen LogP contribution >= 0.6 is 24.0 Å². The third-order valence-corrected chi connectivity index (χ3v) is 2.90. The highest BCUT2D eigenvalue weighted by molar-refractivity contribution is 6.30. The van der Waals surface area contributed by atoms with Crippen molar-refractivity contribution in [3.8, 4) is 5.75 Å². The molecule has 0 atom stereocenters. The SMILES string of the molecule is CNCCC(=O)N(C)Cc1cc(Cl)ccc1OC.Cl. The van der Waals surface area contributed by atoms with E-state index in [1.165, 1.54) is 0 Å². The van der Waals surface area contributed by atoms with Crippen LogP contribution in [0.25, 0.3) is 0 Å². The number of nitrogens with zero attached hydrogens (tertiary/aromatic N) is 1. The Morgan fingerprint density at radius 3 is 2.74 bits per heavy atom. The van der Waals surface area contributed by atoms with E-state index < -0.39 is 0 Å². The summed E-state index contributed by atoms with van der Waals surface area (Å²) in [7, 11) is 5.21. The van der Waals surface area contributed by atoms with Gasteiger partial charge in [0.1, 0.15) is 5.75 Å². The third-order valence-electron chi connectivity index (χ3n) is 2.66. The van der Waals surface area contributed by atoms with Crippen LogP contribution in [-0.2, 0) is 11.3 Å². The van der Waals surface area contributed by atoms with E-state index in [4.69, 9.17) is 16.3 Å². The third kappa shape index (κ3) is 5.68. The van der Waals surface area contributed by atoms with Crippen molar-refractivity contribution in [2.24, 2.45) is 0 Å². The lowest BCUT2D eigenvalue weighted by Crippen LogP contribution is -2.28. The summed E-state index contributed by atoms with van der Waals surface area (Å²) in [6.45, 7) is 1.17. The van der Waals surface area contributed by atoms with Gasteiger partial charge in [-0.25, -0.2) is 0 Å². The van der Waals surface area contributed by atoms with E-state index in [9.17, 15) is 4.79 Å². The molecule has 1 amide bonds. The summed E-state index contributed by atoms with van der Waals surface area (Å²) in [5.74, 6) is 0.832. The van der Waals surface area contributed by atoms with Crippen molar-refractivity contribution in [2.75, 3.05) is 27.7 Å². The van der Waals surface area contributed by atoms with Crippen LogP contribution in [0.2, 0.25) is 5.02 Å². The summed E-state index contributed by atoms with van der Waals surface area (Å²) < 4.78 is 5.25. The molecule has 0 saturated carbocycles. The number of amides is 1. The van der Waals surface area contributed by atoms with E-state index in [2.05, 4.69) is 5.32 Å². The van der Waals surface area contributed by atoms with Gasteiger partial charge in [-0.1, -0.05) is 11.6 Å². The van der Waals surface area contributed by atoms with Crippen LogP contribution in [0.1, 0.15) is 12.0 Å². The molecule has 108 valence electrons. The van der Waals surface area contributed by atoms with Gasteiger partial charge in [0, 0.05) is 37.1 Å². The molecule has 0 fully saturated rings. The van der Waals surface area contributed by atoms with Crippen molar-refractivity contribution in [1.82, 2.24) is 10.2 Å². The average Bonchev–Trinajstić information content (AvgIpc) is 2.36. The van der Waals surface area contributed by atoms with E-state index in [1.807, 2.05) is 19.2 Å². The summed E-state index contributed by atoms with van der Waals surface area (Å²) in [5.41, 5.74) is 0.908. The Balaban J connectivity index is 0.00000324. The van der Waals surface area contributed by atoms with Crippen LogP contribution in [0.4, 0.5) is 0 Å². The minimum absolute atomic E-state index is 0. The fraction of sp³-hybridized carbons (Fsp3) is 0.462. The van der Waals surface area contributed by atoms with Gasteiger partial charge in [0.15, 0.2) is 0 Å². The Morgan fingerprint density at radius 2 is 2.16 bits per heavy atom. The molecule has 4 nitrogen and oxygen atoms in total. The molecule has 1 aromatic rings. The topological polar surface area (TPSA) is 41.6 Å². The maximum absolute atomic E-state index is 11.8. The zero-order valence-electron chi connectivity index (χ0n) is 11.4. The monoisotopic (exact) mass is 306 g/mol. The fourth-order valence-electron chi connectivity index (χ4n) is 1.64. The lowest BCUT2D eigenvalue weighted by atomic mass is 10.2. The molecule has 1 aromatic carbocycles. The first-order valence-electron chi connectivity index (χ1n) is 5.79. The van der Waals surface area contributed by atoms with Crippen molar-refractivity contribution in [3.63, 3.8) is 0 Å². The predicted octanol–water partition coefficient (Wildman–Crippen LogP) is 2.34. The molecule has 0 unspecified atom stereocenters. The van der Waals surface area contributed by atoms with E-state index in [-0.39, 0.29) is 18.3 Å². The summed E-state index contributed by atoms with van der Waals surface area (Å²) in [6, 6.07) is 5.40. The molecule has 0 aromatic heterocycles. The van der Waals surface area contributed by atoms with Crippen LogP contribution in [0.15, 0.2) is 18.2 Å². The number of rotatable bonds is 6. The van der Waals surface area contributed by atoms with E-state index in [0.717, 1.165) is 11.3 Å². The number of nitrogens with one attached hydrogen (secondary N) is 1. The molecule has 0 radical (unpaired) electrons. The van der Waals surface area contributed by atoms with Gasteiger partial charge in [-0.15, -0.1) is 12.4 Å². The Kier molecular flexibility index (Phi) is 8.56. The second kappa shape index (κ2) is 9.02. The first kappa shape index (κ1) is 18.0. The maximum Gasteiger partial charge on any atom is 0.223 e. The number of carbonyl (C=O) groups excluding carboxylic acids is 1. The normalized spacial score (nSPS) is 9.68. The minimum Gasteiger partial charge on any atom is -0.496 e. The second-order valence-electron chi connectivity index (χ2n) is 4.06. The summed E-state index contributed by atoms with van der Waals surface area (Å²) in [4.78, 5) is 13.5. The Bertz CT molecular complexity index is 414. The maximum atomic E-state index is 11.8. The van der Waals surface area contributed by atoms with Gasteiger partial charge in [0.05, 0.1) is 7.11 Å². The number of benzene rings is 1. The minimum atomic E-state index is 0. The van der Waals surface area contributed by atoms with Crippen LogP contribution in [0.5, 0.6) is 5.75 Å². The number of methoxy groups -OCH3 is 1. The average molecular weight is 307 g/mol. The van der Waals surface area contributed by atoms with Crippen molar-refractivity contribution in [3.05, 3.63) is 28.8 Å². The highest BCUT2D eigenvalue weighted by atomic mass is 35.5. The van der Waals surface area contributed by atoms with Gasteiger partial charge in [-0.3, -0.25) is 4.79 Å². The molecule has 6 heteroatoms. The lowest BCUT2D eigenvalue weighted by Gasteiger charge is -2.19. The van der Waals surface area contributed by atoms with Crippen molar-refractivity contribution < 1.29 is 9.53 Å². The van der Waals surface area contributed by atoms with Crippen molar-refractivity contribution in [1.29, 1.82) is 0 Å². The molecule has 0 aliphatic heterocycles. The number of carbonyl (C=O) groups is 1. The summed E-state index contributed by atoms with van der Waals surface area (Å²) in [6.07, 6.45) is 0.482.